The van der Waals surface area contributed by atoms with Crippen LogP contribution in [0, 0.1) is 11.8 Å². The number of rotatable bonds is 1. The maximum Gasteiger partial charge on any atom is 0.418 e. The predicted molar refractivity (Wildman–Crippen MR) is 117 cm³/mol. The molecule has 1 fully saturated rings. The molecule has 1 saturated heterocycles. The molecule has 3 aliphatic carbocycles. The van der Waals surface area contributed by atoms with E-state index in [-0.39, 0.29) is 0 Å². The summed E-state index contributed by atoms with van der Waals surface area (Å²) >= 11 is 14.6. The van der Waals surface area contributed by atoms with Crippen LogP contribution in [-0.2, 0) is 25.5 Å². The molecule has 2 atom stereocenters. The third-order valence-electron chi connectivity index (χ3n) is 7.04. The zero-order chi connectivity index (χ0) is 23.3. The number of alkyl halides is 5. The molecule has 0 aromatic heterocycles. The lowest BCUT2D eigenvalue weighted by Gasteiger charge is -2.54. The summed E-state index contributed by atoms with van der Waals surface area (Å²) in [7, 11) is 0. The molecule has 7 rings (SSSR count). The number of hydrogen-bond donors (Lipinski definition) is 0. The van der Waals surface area contributed by atoms with Gasteiger partial charge in [0.1, 0.15) is 9.75 Å². The van der Waals surface area contributed by atoms with Gasteiger partial charge in [-0.3, -0.25) is 9.59 Å². The Morgan fingerprint density at radius 3 is 1.42 bits per heavy atom. The molecule has 4 aliphatic rings. The summed E-state index contributed by atoms with van der Waals surface area (Å²) in [4.78, 5) is 25.3. The maximum absolute atomic E-state index is 13.8. The van der Waals surface area contributed by atoms with Gasteiger partial charge in [0.05, 0.1) is 23.1 Å². The van der Waals surface area contributed by atoms with Gasteiger partial charge in [-0.15, -0.1) is 23.2 Å². The molecule has 2 bridgehead atoms. The Morgan fingerprint density at radius 2 is 1.03 bits per heavy atom. The van der Waals surface area contributed by atoms with Crippen LogP contribution in [0.15, 0.2) is 72.8 Å². The van der Waals surface area contributed by atoms with Gasteiger partial charge < -0.3 is 0 Å². The standard InChI is InChI=1S/C25H14Cl2F3NO2/c26-23-13-7-1-2-8-14(13)24(27,16-10-4-3-9-15(16)23)20-19(23)21(32)31(22(20)33)18-12-6-5-11-17(18)25(28,29)30/h1-12,19-20H/t19-,20-,23?,24?/m0/s1. The number of halogens is 5. The van der Waals surface area contributed by atoms with E-state index in [0.29, 0.717) is 27.2 Å². The second kappa shape index (κ2) is 6.39. The molecule has 2 amide bonds. The maximum atomic E-state index is 13.8. The molecule has 166 valence electrons. The number of para-hydroxylation sites is 1. The van der Waals surface area contributed by atoms with Gasteiger partial charge in [0.2, 0.25) is 11.8 Å². The van der Waals surface area contributed by atoms with E-state index in [1.54, 1.807) is 48.5 Å². The number of hydrogen-bond acceptors (Lipinski definition) is 2. The summed E-state index contributed by atoms with van der Waals surface area (Å²) in [5, 5.41) is 0. The van der Waals surface area contributed by atoms with Gasteiger partial charge in [0.15, 0.2) is 0 Å². The molecule has 3 nitrogen and oxygen atoms in total. The SMILES string of the molecule is O=C1[C@@H]2[C@@H](C(=O)N1c1ccccc1C(F)(F)F)C1(Cl)c3ccccc3C2(Cl)c2ccccc21. The second-order valence-corrected chi connectivity index (χ2v) is 9.69. The summed E-state index contributed by atoms with van der Waals surface area (Å²) in [6, 6.07) is 18.6. The first-order valence-electron chi connectivity index (χ1n) is 10.2. The fourth-order valence-electron chi connectivity index (χ4n) is 5.81. The van der Waals surface area contributed by atoms with Gasteiger partial charge in [-0.1, -0.05) is 60.7 Å². The topological polar surface area (TPSA) is 37.4 Å². The van der Waals surface area contributed by atoms with Gasteiger partial charge in [-0.25, -0.2) is 4.90 Å². The number of carbonyl (C=O) groups excluding carboxylic acids is 2. The van der Waals surface area contributed by atoms with Gasteiger partial charge in [0.25, 0.3) is 0 Å². The van der Waals surface area contributed by atoms with E-state index in [9.17, 15) is 22.8 Å². The van der Waals surface area contributed by atoms with Gasteiger partial charge in [-0.05, 0) is 34.4 Å². The molecule has 1 heterocycles. The Bertz CT molecular complexity index is 1250. The van der Waals surface area contributed by atoms with Crippen LogP contribution in [0.1, 0.15) is 27.8 Å². The van der Waals surface area contributed by atoms with E-state index in [1.165, 1.54) is 12.1 Å². The Labute approximate surface area is 196 Å². The Balaban J connectivity index is 1.65. The highest BCUT2D eigenvalue weighted by atomic mass is 35.5. The quantitative estimate of drug-likeness (QED) is 0.321. The minimum absolute atomic E-state index is 0.512. The van der Waals surface area contributed by atoms with Crippen LogP contribution in [0.5, 0.6) is 0 Å². The summed E-state index contributed by atoms with van der Waals surface area (Å²) < 4.78 is 41.3. The largest absolute Gasteiger partial charge is 0.418 e. The third-order valence-corrected chi connectivity index (χ3v) is 8.32. The van der Waals surface area contributed by atoms with E-state index in [0.717, 1.165) is 12.1 Å². The minimum Gasteiger partial charge on any atom is -0.274 e. The minimum atomic E-state index is -4.76. The fourth-order valence-corrected chi connectivity index (χ4v) is 6.91. The Kier molecular flexibility index (Phi) is 4.02. The fraction of sp³-hybridized carbons (Fsp3) is 0.200. The molecular formula is C25H14Cl2F3NO2. The molecule has 0 saturated carbocycles. The van der Waals surface area contributed by atoms with Crippen LogP contribution in [0.4, 0.5) is 18.9 Å². The van der Waals surface area contributed by atoms with Crippen molar-refractivity contribution in [2.75, 3.05) is 4.90 Å². The Morgan fingerprint density at radius 1 is 0.667 bits per heavy atom. The van der Waals surface area contributed by atoms with E-state index in [1.807, 2.05) is 0 Å². The molecule has 33 heavy (non-hydrogen) atoms. The first-order chi connectivity index (χ1) is 15.6. The lowest BCUT2D eigenvalue weighted by Crippen LogP contribution is -2.57. The van der Waals surface area contributed by atoms with Crippen molar-refractivity contribution in [1.82, 2.24) is 0 Å². The van der Waals surface area contributed by atoms with Gasteiger partial charge in [0, 0.05) is 0 Å². The lowest BCUT2D eigenvalue weighted by atomic mass is 9.54. The highest BCUT2D eigenvalue weighted by Crippen LogP contribution is 2.69. The monoisotopic (exact) mass is 487 g/mol. The molecule has 1 aliphatic heterocycles. The van der Waals surface area contributed by atoms with Crippen molar-refractivity contribution in [1.29, 1.82) is 0 Å². The molecule has 8 heteroatoms. The van der Waals surface area contributed by atoms with Crippen molar-refractivity contribution in [3.05, 3.63) is 101 Å². The van der Waals surface area contributed by atoms with Gasteiger partial charge >= 0.3 is 6.18 Å². The zero-order valence-corrected chi connectivity index (χ0v) is 18.2. The van der Waals surface area contributed by atoms with E-state index >= 15 is 0 Å². The molecule has 3 aromatic carbocycles. The molecule has 0 radical (unpaired) electrons. The van der Waals surface area contributed by atoms with Crippen LogP contribution in [0.2, 0.25) is 0 Å². The summed E-state index contributed by atoms with van der Waals surface area (Å²) in [6.07, 6.45) is -4.76. The number of amides is 2. The van der Waals surface area contributed by atoms with Crippen molar-refractivity contribution in [2.45, 2.75) is 15.9 Å². The molecule has 0 spiro atoms. The van der Waals surface area contributed by atoms with Gasteiger partial charge in [-0.2, -0.15) is 13.2 Å². The van der Waals surface area contributed by atoms with Crippen LogP contribution in [0.3, 0.4) is 0 Å². The van der Waals surface area contributed by atoms with Crippen molar-refractivity contribution in [3.63, 3.8) is 0 Å². The van der Waals surface area contributed by atoms with E-state index in [4.69, 9.17) is 23.2 Å². The van der Waals surface area contributed by atoms with Crippen LogP contribution < -0.4 is 4.90 Å². The third kappa shape index (κ3) is 2.33. The van der Waals surface area contributed by atoms with Crippen molar-refractivity contribution < 1.29 is 22.8 Å². The van der Waals surface area contributed by atoms with E-state index < -0.39 is 50.8 Å². The smallest absolute Gasteiger partial charge is 0.274 e. The van der Waals surface area contributed by atoms with Crippen LogP contribution in [-0.4, -0.2) is 11.8 Å². The van der Waals surface area contributed by atoms with E-state index in [2.05, 4.69) is 0 Å². The van der Waals surface area contributed by atoms with Crippen molar-refractivity contribution in [2.24, 2.45) is 11.8 Å². The van der Waals surface area contributed by atoms with Crippen LogP contribution >= 0.6 is 23.2 Å². The number of benzene rings is 3. The number of imide groups is 1. The Hall–Kier alpha value is -2.83. The first-order valence-corrected chi connectivity index (χ1v) is 11.0. The average molecular weight is 488 g/mol. The van der Waals surface area contributed by atoms with Crippen molar-refractivity contribution in [3.8, 4) is 0 Å². The second-order valence-electron chi connectivity index (χ2n) is 8.50. The van der Waals surface area contributed by atoms with Crippen LogP contribution in [0.25, 0.3) is 0 Å². The molecule has 0 unspecified atom stereocenters. The number of nitrogens with zero attached hydrogens (tertiary/aromatic N) is 1. The number of anilines is 1. The summed E-state index contributed by atoms with van der Waals surface area (Å²) in [6.45, 7) is 0. The molecule has 0 N–H and O–H groups in total. The number of carbonyl (C=O) groups is 2. The summed E-state index contributed by atoms with van der Waals surface area (Å²) in [5.41, 5.74) is 0.785. The molecule has 3 aromatic rings. The van der Waals surface area contributed by atoms with Crippen molar-refractivity contribution >= 4 is 40.7 Å². The molecular weight excluding hydrogens is 474 g/mol. The normalized spacial score (nSPS) is 29.7. The highest BCUT2D eigenvalue weighted by Gasteiger charge is 2.73. The highest BCUT2D eigenvalue weighted by molar-refractivity contribution is 6.38. The lowest BCUT2D eigenvalue weighted by molar-refractivity contribution is -0.137. The average Bonchev–Trinajstić information content (AvgIpc) is 3.08. The zero-order valence-electron chi connectivity index (χ0n) is 16.7. The summed E-state index contributed by atoms with van der Waals surface area (Å²) in [5.74, 6) is -3.89. The first kappa shape index (κ1) is 20.8. The predicted octanol–water partition coefficient (Wildman–Crippen LogP) is 5.80.